The van der Waals surface area contributed by atoms with Gasteiger partial charge in [0, 0.05) is 37.5 Å². The summed E-state index contributed by atoms with van der Waals surface area (Å²) in [7, 11) is 0. The first-order chi connectivity index (χ1) is 17.3. The van der Waals surface area contributed by atoms with Crippen LogP contribution < -0.4 is 0 Å². The molecule has 0 aliphatic carbocycles. The Bertz CT molecular complexity index is 1780. The first-order valence-electron chi connectivity index (χ1n) is 11.5. The van der Waals surface area contributed by atoms with Crippen LogP contribution in [0.5, 0.6) is 0 Å². The summed E-state index contributed by atoms with van der Waals surface area (Å²) in [5.41, 5.74) is 6.00. The van der Waals surface area contributed by atoms with Crippen molar-refractivity contribution in [3.8, 4) is 33.9 Å². The number of fused-ring (bicyclic) bond motifs is 4. The van der Waals surface area contributed by atoms with Crippen molar-refractivity contribution < 1.29 is 0 Å². The Morgan fingerprint density at radius 3 is 1.97 bits per heavy atom. The molecule has 3 heterocycles. The Morgan fingerprint density at radius 2 is 1.17 bits per heavy atom. The third kappa shape index (κ3) is 3.56. The standard InChI is InChI=1S/C31H19N3S/c1-3-9-20(10-4-1)27-19-28(33-30(32-27)21-11-5-2-6-12-21)23-15-16-29-24(17-23)25-18-22-13-7-8-14-26(22)34-31(25)35-29/h1-19H. The number of rotatable bonds is 3. The van der Waals surface area contributed by atoms with E-state index in [0.717, 1.165) is 49.6 Å². The van der Waals surface area contributed by atoms with E-state index >= 15 is 0 Å². The highest BCUT2D eigenvalue weighted by molar-refractivity contribution is 7.25. The number of thiophene rings is 1. The van der Waals surface area contributed by atoms with Gasteiger partial charge in [-0.05, 0) is 30.3 Å². The van der Waals surface area contributed by atoms with E-state index < -0.39 is 0 Å². The molecule has 35 heavy (non-hydrogen) atoms. The lowest BCUT2D eigenvalue weighted by Gasteiger charge is -2.09. The van der Waals surface area contributed by atoms with Crippen molar-refractivity contribution in [3.63, 3.8) is 0 Å². The van der Waals surface area contributed by atoms with E-state index in [1.54, 1.807) is 11.3 Å². The van der Waals surface area contributed by atoms with Gasteiger partial charge in [0.15, 0.2) is 5.82 Å². The number of hydrogen-bond acceptors (Lipinski definition) is 4. The summed E-state index contributed by atoms with van der Waals surface area (Å²) in [5.74, 6) is 0.727. The fourth-order valence-electron chi connectivity index (χ4n) is 4.53. The smallest absolute Gasteiger partial charge is 0.160 e. The van der Waals surface area contributed by atoms with Crippen LogP contribution in [-0.2, 0) is 0 Å². The average molecular weight is 466 g/mol. The third-order valence-corrected chi connectivity index (χ3v) is 7.37. The van der Waals surface area contributed by atoms with Gasteiger partial charge in [0.25, 0.3) is 0 Å². The second kappa shape index (κ2) is 8.12. The fraction of sp³-hybridized carbons (Fsp3) is 0. The van der Waals surface area contributed by atoms with E-state index in [4.69, 9.17) is 15.0 Å². The lowest BCUT2D eigenvalue weighted by Crippen LogP contribution is -1.95. The van der Waals surface area contributed by atoms with E-state index in [2.05, 4.69) is 72.8 Å². The van der Waals surface area contributed by atoms with Crippen LogP contribution in [0.15, 0.2) is 115 Å². The first kappa shape index (κ1) is 20.0. The number of aromatic nitrogens is 3. The molecule has 4 heteroatoms. The molecule has 0 aliphatic rings. The van der Waals surface area contributed by atoms with Gasteiger partial charge in [0.1, 0.15) is 4.83 Å². The largest absolute Gasteiger partial charge is 0.237 e. The van der Waals surface area contributed by atoms with E-state index in [0.29, 0.717) is 0 Å². The lowest BCUT2D eigenvalue weighted by molar-refractivity contribution is 1.18. The molecular weight excluding hydrogens is 446 g/mol. The molecule has 0 bridgehead atoms. The molecule has 0 unspecified atom stereocenters. The Hall–Kier alpha value is -4.41. The zero-order valence-corrected chi connectivity index (χ0v) is 19.5. The van der Waals surface area contributed by atoms with E-state index in [1.807, 2.05) is 42.5 Å². The minimum Gasteiger partial charge on any atom is -0.237 e. The zero-order valence-electron chi connectivity index (χ0n) is 18.7. The molecule has 3 aromatic heterocycles. The minimum absolute atomic E-state index is 0.727. The summed E-state index contributed by atoms with van der Waals surface area (Å²) in [6.45, 7) is 0. The zero-order chi connectivity index (χ0) is 23.2. The highest BCUT2D eigenvalue weighted by Crippen LogP contribution is 2.37. The number of nitrogens with zero attached hydrogens (tertiary/aromatic N) is 3. The Morgan fingerprint density at radius 1 is 0.486 bits per heavy atom. The maximum atomic E-state index is 5.00. The maximum absolute atomic E-state index is 5.00. The first-order valence-corrected chi connectivity index (χ1v) is 12.4. The number of hydrogen-bond donors (Lipinski definition) is 0. The highest BCUT2D eigenvalue weighted by Gasteiger charge is 2.13. The molecule has 164 valence electrons. The maximum Gasteiger partial charge on any atom is 0.160 e. The predicted molar refractivity (Wildman–Crippen MR) is 147 cm³/mol. The van der Waals surface area contributed by atoms with Crippen LogP contribution in [0, 0.1) is 0 Å². The highest BCUT2D eigenvalue weighted by atomic mass is 32.1. The Labute approximate surface area is 206 Å². The van der Waals surface area contributed by atoms with E-state index in [9.17, 15) is 0 Å². The Balaban J connectivity index is 1.45. The average Bonchev–Trinajstić information content (AvgIpc) is 3.29. The molecule has 0 spiro atoms. The van der Waals surface area contributed by atoms with Crippen LogP contribution in [0.25, 0.3) is 65.1 Å². The number of benzene rings is 4. The summed E-state index contributed by atoms with van der Waals surface area (Å²) >= 11 is 1.74. The van der Waals surface area contributed by atoms with Crippen LogP contribution in [0.4, 0.5) is 0 Å². The van der Waals surface area contributed by atoms with Crippen molar-refractivity contribution in [2.24, 2.45) is 0 Å². The number of para-hydroxylation sites is 1. The topological polar surface area (TPSA) is 38.7 Å². The van der Waals surface area contributed by atoms with Crippen molar-refractivity contribution in [2.75, 3.05) is 0 Å². The molecule has 7 aromatic rings. The van der Waals surface area contributed by atoms with Gasteiger partial charge in [-0.15, -0.1) is 11.3 Å². The molecule has 0 saturated carbocycles. The minimum atomic E-state index is 0.727. The van der Waals surface area contributed by atoms with Gasteiger partial charge in [-0.3, -0.25) is 0 Å². The molecule has 0 aliphatic heterocycles. The molecule has 7 rings (SSSR count). The van der Waals surface area contributed by atoms with Gasteiger partial charge in [-0.2, -0.15) is 0 Å². The van der Waals surface area contributed by atoms with Crippen LogP contribution in [-0.4, -0.2) is 15.0 Å². The molecule has 4 aromatic carbocycles. The molecule has 0 atom stereocenters. The monoisotopic (exact) mass is 465 g/mol. The summed E-state index contributed by atoms with van der Waals surface area (Å²) in [6.07, 6.45) is 0. The second-order valence-electron chi connectivity index (χ2n) is 8.54. The summed E-state index contributed by atoms with van der Waals surface area (Å²) in [5, 5.41) is 3.55. The molecule has 0 amide bonds. The molecule has 3 nitrogen and oxygen atoms in total. The van der Waals surface area contributed by atoms with Crippen LogP contribution in [0.3, 0.4) is 0 Å². The molecule has 0 radical (unpaired) electrons. The molecule has 0 fully saturated rings. The van der Waals surface area contributed by atoms with Gasteiger partial charge >= 0.3 is 0 Å². The van der Waals surface area contributed by atoms with Gasteiger partial charge in [-0.1, -0.05) is 84.9 Å². The van der Waals surface area contributed by atoms with Crippen molar-refractivity contribution >= 4 is 42.5 Å². The van der Waals surface area contributed by atoms with Crippen molar-refractivity contribution in [1.82, 2.24) is 15.0 Å². The summed E-state index contributed by atoms with van der Waals surface area (Å²) < 4.78 is 1.23. The lowest BCUT2D eigenvalue weighted by atomic mass is 10.0. The molecule has 0 saturated heterocycles. The van der Waals surface area contributed by atoms with Crippen molar-refractivity contribution in [1.29, 1.82) is 0 Å². The Kier molecular flexibility index (Phi) is 4.64. The third-order valence-electron chi connectivity index (χ3n) is 6.29. The van der Waals surface area contributed by atoms with Gasteiger partial charge in [-0.25, -0.2) is 15.0 Å². The van der Waals surface area contributed by atoms with E-state index in [1.165, 1.54) is 15.5 Å². The van der Waals surface area contributed by atoms with E-state index in [-0.39, 0.29) is 0 Å². The SMILES string of the molecule is c1ccc(-c2cc(-c3ccc4sc5nc6ccccc6cc5c4c3)nc(-c3ccccc3)n2)cc1. The van der Waals surface area contributed by atoms with Gasteiger partial charge in [0.2, 0.25) is 0 Å². The van der Waals surface area contributed by atoms with Crippen LogP contribution in [0.2, 0.25) is 0 Å². The normalized spacial score (nSPS) is 11.4. The predicted octanol–water partition coefficient (Wildman–Crippen LogP) is 8.39. The molecular formula is C31H19N3S. The summed E-state index contributed by atoms with van der Waals surface area (Å²) in [6, 6.07) is 39.7. The fourth-order valence-corrected chi connectivity index (χ4v) is 5.58. The van der Waals surface area contributed by atoms with Crippen LogP contribution in [0.1, 0.15) is 0 Å². The molecule has 0 N–H and O–H groups in total. The quantitative estimate of drug-likeness (QED) is 0.263. The second-order valence-corrected chi connectivity index (χ2v) is 9.57. The van der Waals surface area contributed by atoms with Crippen molar-refractivity contribution in [3.05, 3.63) is 115 Å². The van der Waals surface area contributed by atoms with Crippen LogP contribution >= 0.6 is 11.3 Å². The van der Waals surface area contributed by atoms with Crippen molar-refractivity contribution in [2.45, 2.75) is 0 Å². The van der Waals surface area contributed by atoms with Gasteiger partial charge < -0.3 is 0 Å². The summed E-state index contributed by atoms with van der Waals surface area (Å²) in [4.78, 5) is 15.9. The van der Waals surface area contributed by atoms with Gasteiger partial charge in [0.05, 0.1) is 16.9 Å². The number of pyridine rings is 1.